The Morgan fingerprint density at radius 1 is 1.37 bits per heavy atom. The first-order chi connectivity index (χ1) is 12.9. The molecule has 0 bridgehead atoms. The molecule has 0 radical (unpaired) electrons. The number of benzene rings is 1. The van der Waals surface area contributed by atoms with Crippen molar-refractivity contribution in [3.8, 4) is 0 Å². The van der Waals surface area contributed by atoms with Crippen LogP contribution in [0.1, 0.15) is 19.8 Å². The highest BCUT2D eigenvalue weighted by Gasteiger charge is 2.34. The summed E-state index contributed by atoms with van der Waals surface area (Å²) in [4.78, 5) is 26.4. The Labute approximate surface area is 156 Å². The predicted molar refractivity (Wildman–Crippen MR) is 95.2 cm³/mol. The third-order valence-electron chi connectivity index (χ3n) is 5.07. The van der Waals surface area contributed by atoms with Crippen LogP contribution in [-0.2, 0) is 9.53 Å². The second-order valence-electron chi connectivity index (χ2n) is 6.97. The average molecular weight is 381 g/mol. The lowest BCUT2D eigenvalue weighted by Gasteiger charge is -2.33. The molecule has 148 valence electrons. The van der Waals surface area contributed by atoms with E-state index in [2.05, 4.69) is 0 Å². The minimum absolute atomic E-state index is 0.115. The molecule has 1 atom stereocenters. The molecular weight excluding hydrogens is 357 g/mol. The quantitative estimate of drug-likeness (QED) is 0.594. The molecule has 3 rings (SSSR count). The zero-order chi connectivity index (χ0) is 19.6. The predicted octanol–water partition coefficient (Wildman–Crippen LogP) is 1.60. The van der Waals surface area contributed by atoms with E-state index in [1.54, 1.807) is 12.1 Å². The lowest BCUT2D eigenvalue weighted by Crippen LogP contribution is -2.36. The van der Waals surface area contributed by atoms with Gasteiger partial charge in [-0.1, -0.05) is 0 Å². The summed E-state index contributed by atoms with van der Waals surface area (Å²) in [5.41, 5.74) is 0.832. The maximum Gasteiger partial charge on any atom is 0.414 e. The van der Waals surface area contributed by atoms with Crippen molar-refractivity contribution in [3.63, 3.8) is 0 Å². The van der Waals surface area contributed by atoms with Gasteiger partial charge in [-0.2, -0.15) is 0 Å². The Hall–Kier alpha value is -2.39. The standard InChI is InChI=1S/C18H24FN3O5/c1-12(24)22(26)10-15-9-21(18(25)27-15)14-2-3-17(16(19)8-14)20-6-4-13(11-23)5-7-20/h2-3,8,13,15,23,26H,4-7,9-11H2,1H3/t15-/m0/s1. The number of amides is 2. The summed E-state index contributed by atoms with van der Waals surface area (Å²) in [7, 11) is 0. The highest BCUT2D eigenvalue weighted by molar-refractivity contribution is 5.90. The summed E-state index contributed by atoms with van der Waals surface area (Å²) < 4.78 is 19.8. The van der Waals surface area contributed by atoms with Crippen molar-refractivity contribution >= 4 is 23.4 Å². The van der Waals surface area contributed by atoms with Crippen LogP contribution in [0.2, 0.25) is 0 Å². The maximum atomic E-state index is 14.6. The van der Waals surface area contributed by atoms with E-state index in [1.807, 2.05) is 4.90 Å². The number of cyclic esters (lactones) is 1. The molecule has 2 fully saturated rings. The van der Waals surface area contributed by atoms with E-state index in [-0.39, 0.29) is 25.6 Å². The molecule has 0 unspecified atom stereocenters. The molecule has 2 aliphatic heterocycles. The lowest BCUT2D eigenvalue weighted by molar-refractivity contribution is -0.166. The smallest absolute Gasteiger partial charge is 0.414 e. The number of halogens is 1. The van der Waals surface area contributed by atoms with E-state index in [4.69, 9.17) is 4.74 Å². The molecule has 2 amide bonds. The molecule has 8 nitrogen and oxygen atoms in total. The number of nitrogens with zero attached hydrogens (tertiary/aromatic N) is 3. The number of piperidine rings is 1. The number of carbonyl (C=O) groups excluding carboxylic acids is 2. The molecule has 0 spiro atoms. The summed E-state index contributed by atoms with van der Waals surface area (Å²) in [5, 5.41) is 19.2. The largest absolute Gasteiger partial charge is 0.442 e. The van der Waals surface area contributed by atoms with Crippen LogP contribution >= 0.6 is 0 Å². The highest BCUT2D eigenvalue weighted by atomic mass is 19.1. The first-order valence-electron chi connectivity index (χ1n) is 8.99. The number of hydroxylamine groups is 2. The van der Waals surface area contributed by atoms with Crippen LogP contribution in [0.3, 0.4) is 0 Å². The molecule has 27 heavy (non-hydrogen) atoms. The maximum absolute atomic E-state index is 14.6. The fraction of sp³-hybridized carbons (Fsp3) is 0.556. The number of ether oxygens (including phenoxy) is 1. The third kappa shape index (κ3) is 4.30. The fourth-order valence-electron chi connectivity index (χ4n) is 3.43. The first kappa shape index (κ1) is 19.4. The molecule has 2 heterocycles. The van der Waals surface area contributed by atoms with Crippen LogP contribution in [0.25, 0.3) is 0 Å². The Kier molecular flexibility index (Phi) is 5.81. The van der Waals surface area contributed by atoms with Crippen molar-refractivity contribution in [2.45, 2.75) is 25.9 Å². The number of aliphatic hydroxyl groups excluding tert-OH is 1. The van der Waals surface area contributed by atoms with E-state index in [9.17, 15) is 24.3 Å². The monoisotopic (exact) mass is 381 g/mol. The second-order valence-corrected chi connectivity index (χ2v) is 6.97. The van der Waals surface area contributed by atoms with Crippen LogP contribution in [0.5, 0.6) is 0 Å². The van der Waals surface area contributed by atoms with Crippen molar-refractivity contribution < 1.29 is 29.0 Å². The van der Waals surface area contributed by atoms with Gasteiger partial charge in [-0.25, -0.2) is 14.2 Å². The van der Waals surface area contributed by atoms with Gasteiger partial charge in [0.05, 0.1) is 24.5 Å². The Balaban J connectivity index is 1.67. The molecule has 0 saturated carbocycles. The van der Waals surface area contributed by atoms with Gasteiger partial charge in [0.2, 0.25) is 5.91 Å². The van der Waals surface area contributed by atoms with E-state index < -0.39 is 23.9 Å². The van der Waals surface area contributed by atoms with Gasteiger partial charge in [0.1, 0.15) is 11.9 Å². The SMILES string of the molecule is CC(=O)N(O)C[C@@H]1CN(c2ccc(N3CCC(CO)CC3)c(F)c2)C(=O)O1. The van der Waals surface area contributed by atoms with Crippen molar-refractivity contribution in [3.05, 3.63) is 24.0 Å². The third-order valence-corrected chi connectivity index (χ3v) is 5.07. The molecule has 2 aliphatic rings. The summed E-state index contributed by atoms with van der Waals surface area (Å²) in [6, 6.07) is 4.58. The Morgan fingerprint density at radius 2 is 2.07 bits per heavy atom. The van der Waals surface area contributed by atoms with Crippen LogP contribution in [0.4, 0.5) is 20.6 Å². The Bertz CT molecular complexity index is 708. The first-order valence-corrected chi connectivity index (χ1v) is 8.99. The summed E-state index contributed by atoms with van der Waals surface area (Å²) in [5.74, 6) is -0.718. The Morgan fingerprint density at radius 3 is 2.67 bits per heavy atom. The second kappa shape index (κ2) is 8.10. The number of anilines is 2. The van der Waals surface area contributed by atoms with Gasteiger partial charge in [0, 0.05) is 26.6 Å². The molecule has 0 aliphatic carbocycles. The number of hydrogen-bond acceptors (Lipinski definition) is 6. The topological polar surface area (TPSA) is 93.6 Å². The van der Waals surface area contributed by atoms with Gasteiger partial charge in [-0.15, -0.1) is 0 Å². The lowest BCUT2D eigenvalue weighted by atomic mass is 9.97. The number of rotatable bonds is 5. The van der Waals surface area contributed by atoms with E-state index in [0.29, 0.717) is 29.5 Å². The molecule has 0 aromatic heterocycles. The van der Waals surface area contributed by atoms with E-state index >= 15 is 0 Å². The zero-order valence-electron chi connectivity index (χ0n) is 15.2. The van der Waals surface area contributed by atoms with E-state index in [0.717, 1.165) is 12.8 Å². The van der Waals surface area contributed by atoms with Crippen LogP contribution in [0, 0.1) is 11.7 Å². The minimum Gasteiger partial charge on any atom is -0.442 e. The molecule has 2 saturated heterocycles. The van der Waals surface area contributed by atoms with Gasteiger partial charge in [0.15, 0.2) is 0 Å². The van der Waals surface area contributed by atoms with Gasteiger partial charge in [0.25, 0.3) is 0 Å². The van der Waals surface area contributed by atoms with Crippen molar-refractivity contribution in [1.29, 1.82) is 0 Å². The van der Waals surface area contributed by atoms with Gasteiger partial charge in [-0.05, 0) is 37.0 Å². The fourth-order valence-corrected chi connectivity index (χ4v) is 3.43. The molecule has 1 aromatic rings. The molecular formula is C18H24FN3O5. The van der Waals surface area contributed by atoms with Gasteiger partial charge in [-0.3, -0.25) is 14.9 Å². The van der Waals surface area contributed by atoms with Crippen LogP contribution < -0.4 is 9.80 Å². The van der Waals surface area contributed by atoms with Crippen molar-refractivity contribution in [2.75, 3.05) is 42.6 Å². The number of carbonyl (C=O) groups is 2. The summed E-state index contributed by atoms with van der Waals surface area (Å²) in [6.07, 6.45) is 0.288. The minimum atomic E-state index is -0.688. The number of hydrogen-bond donors (Lipinski definition) is 2. The molecule has 9 heteroatoms. The number of aliphatic hydroxyl groups is 1. The summed E-state index contributed by atoms with van der Waals surface area (Å²) >= 11 is 0. The van der Waals surface area contributed by atoms with Crippen LogP contribution in [-0.4, -0.2) is 66.3 Å². The van der Waals surface area contributed by atoms with Gasteiger partial charge >= 0.3 is 6.09 Å². The van der Waals surface area contributed by atoms with Crippen LogP contribution in [0.15, 0.2) is 18.2 Å². The van der Waals surface area contributed by atoms with E-state index in [1.165, 1.54) is 17.9 Å². The normalized spacial score (nSPS) is 20.7. The zero-order valence-corrected chi connectivity index (χ0v) is 15.2. The summed E-state index contributed by atoms with van der Waals surface area (Å²) in [6.45, 7) is 2.68. The van der Waals surface area contributed by atoms with Crippen molar-refractivity contribution in [1.82, 2.24) is 5.06 Å². The van der Waals surface area contributed by atoms with Crippen molar-refractivity contribution in [2.24, 2.45) is 5.92 Å². The molecule has 2 N–H and O–H groups in total. The molecule has 1 aromatic carbocycles. The van der Waals surface area contributed by atoms with Gasteiger partial charge < -0.3 is 14.7 Å². The highest BCUT2D eigenvalue weighted by Crippen LogP contribution is 2.30. The average Bonchev–Trinajstić information content (AvgIpc) is 3.01.